The first-order valence-electron chi connectivity index (χ1n) is 5.56. The third-order valence-corrected chi connectivity index (χ3v) is 4.67. The lowest BCUT2D eigenvalue weighted by Gasteiger charge is -2.30. The quantitative estimate of drug-likeness (QED) is 0.813. The van der Waals surface area contributed by atoms with Crippen LogP contribution in [-0.2, 0) is 0 Å². The Balaban J connectivity index is 2.30. The van der Waals surface area contributed by atoms with Gasteiger partial charge >= 0.3 is 0 Å². The minimum Gasteiger partial charge on any atom is -0.360 e. The molecular formula is C13H17BrN2S. The van der Waals surface area contributed by atoms with E-state index in [0.717, 1.165) is 9.99 Å². The molecule has 1 heterocycles. The van der Waals surface area contributed by atoms with E-state index in [1.54, 1.807) is 11.9 Å². The molecular weight excluding hydrogens is 296 g/mol. The number of fused-ring (bicyclic) bond motifs is 1. The van der Waals surface area contributed by atoms with Gasteiger partial charge in [0, 0.05) is 26.5 Å². The summed E-state index contributed by atoms with van der Waals surface area (Å²) in [4.78, 5) is 4.48. The van der Waals surface area contributed by atoms with Crippen LogP contribution in [0.2, 0.25) is 0 Å². The van der Waals surface area contributed by atoms with E-state index in [1.807, 2.05) is 6.20 Å². The zero-order valence-corrected chi connectivity index (χ0v) is 12.9. The van der Waals surface area contributed by atoms with Crippen molar-refractivity contribution in [3.05, 3.63) is 28.9 Å². The molecule has 0 aliphatic carbocycles. The summed E-state index contributed by atoms with van der Waals surface area (Å²) in [6.45, 7) is 6.64. The van der Waals surface area contributed by atoms with E-state index in [9.17, 15) is 0 Å². The van der Waals surface area contributed by atoms with Gasteiger partial charge in [-0.1, -0.05) is 0 Å². The molecule has 0 bridgehead atoms. The summed E-state index contributed by atoms with van der Waals surface area (Å²) in [6, 6.07) is 6.47. The second-order valence-corrected chi connectivity index (χ2v) is 7.16. The van der Waals surface area contributed by atoms with Crippen LogP contribution in [0.5, 0.6) is 0 Å². The molecule has 0 radical (unpaired) electrons. The Morgan fingerprint density at radius 1 is 1.29 bits per heavy atom. The first-order chi connectivity index (χ1) is 7.88. The van der Waals surface area contributed by atoms with E-state index in [-0.39, 0.29) is 5.54 Å². The summed E-state index contributed by atoms with van der Waals surface area (Å²) in [6.07, 6.45) is 1.97. The maximum Gasteiger partial charge on any atom is 0.0599 e. The van der Waals surface area contributed by atoms with Crippen LogP contribution in [0.15, 0.2) is 33.8 Å². The molecule has 2 aromatic rings. The van der Waals surface area contributed by atoms with E-state index in [1.165, 1.54) is 10.3 Å². The summed E-state index contributed by atoms with van der Waals surface area (Å²) in [5.41, 5.74) is 1.32. The molecule has 0 aliphatic heterocycles. The highest BCUT2D eigenvalue weighted by Gasteiger charge is 2.18. The van der Waals surface area contributed by atoms with Gasteiger partial charge in [0.25, 0.3) is 0 Å². The van der Waals surface area contributed by atoms with Crippen molar-refractivity contribution < 1.29 is 0 Å². The number of benzene rings is 1. The molecule has 0 fully saturated rings. The number of halogens is 1. The number of nitrogens with zero attached hydrogens (tertiary/aromatic N) is 1. The summed E-state index contributed by atoms with van der Waals surface area (Å²) < 4.78 is 3.39. The third-order valence-electron chi connectivity index (χ3n) is 2.77. The fourth-order valence-corrected chi connectivity index (χ4v) is 3.13. The number of H-pyrrole nitrogens is 1. The van der Waals surface area contributed by atoms with Gasteiger partial charge in [0.2, 0.25) is 0 Å². The molecule has 0 unspecified atom stereocenters. The molecule has 2 nitrogen and oxygen atoms in total. The van der Waals surface area contributed by atoms with Crippen LogP contribution in [0.25, 0.3) is 10.9 Å². The van der Waals surface area contributed by atoms with Crippen molar-refractivity contribution in [2.75, 3.05) is 7.05 Å². The van der Waals surface area contributed by atoms with Crippen LogP contribution in [0.3, 0.4) is 0 Å². The van der Waals surface area contributed by atoms with Crippen molar-refractivity contribution in [1.29, 1.82) is 0 Å². The maximum absolute atomic E-state index is 3.60. The number of rotatable bonds is 2. The lowest BCUT2D eigenvalue weighted by molar-refractivity contribution is 0.319. The van der Waals surface area contributed by atoms with Crippen molar-refractivity contribution in [1.82, 2.24) is 9.29 Å². The van der Waals surface area contributed by atoms with Gasteiger partial charge in [-0.05, 0) is 73.9 Å². The Labute approximate surface area is 115 Å². The normalized spacial score (nSPS) is 12.6. The number of aromatic nitrogens is 1. The van der Waals surface area contributed by atoms with Crippen molar-refractivity contribution in [3.8, 4) is 0 Å². The molecule has 4 heteroatoms. The second kappa shape index (κ2) is 4.67. The lowest BCUT2D eigenvalue weighted by atomic mass is 10.1. The van der Waals surface area contributed by atoms with Crippen LogP contribution < -0.4 is 0 Å². The van der Waals surface area contributed by atoms with Crippen molar-refractivity contribution in [2.24, 2.45) is 0 Å². The first kappa shape index (κ1) is 13.0. The standard InChI is InChI=1S/C13H17BrN2S/c1-13(2,3)16(4)17-10-7-9-5-6-15-12(9)11(14)8-10/h5-8,15H,1-4H3. The van der Waals surface area contributed by atoms with Crippen molar-refractivity contribution in [3.63, 3.8) is 0 Å². The number of hydrogen-bond acceptors (Lipinski definition) is 2. The molecule has 92 valence electrons. The Bertz CT molecular complexity index is 528. The Kier molecular flexibility index (Phi) is 3.57. The topological polar surface area (TPSA) is 19.0 Å². The van der Waals surface area contributed by atoms with Gasteiger partial charge in [-0.2, -0.15) is 0 Å². The van der Waals surface area contributed by atoms with Crippen LogP contribution in [0, 0.1) is 0 Å². The molecule has 1 N–H and O–H groups in total. The molecule has 17 heavy (non-hydrogen) atoms. The number of hydrogen-bond donors (Lipinski definition) is 1. The Morgan fingerprint density at radius 2 is 2.00 bits per heavy atom. The van der Waals surface area contributed by atoms with Gasteiger partial charge in [0.15, 0.2) is 0 Å². The largest absolute Gasteiger partial charge is 0.360 e. The minimum atomic E-state index is 0.157. The number of aromatic amines is 1. The van der Waals surface area contributed by atoms with Gasteiger partial charge in [0.1, 0.15) is 0 Å². The van der Waals surface area contributed by atoms with Gasteiger partial charge in [-0.3, -0.25) is 0 Å². The summed E-state index contributed by atoms with van der Waals surface area (Å²) in [7, 11) is 2.12. The highest BCUT2D eigenvalue weighted by molar-refractivity contribution is 9.10. The monoisotopic (exact) mass is 312 g/mol. The Hall–Kier alpha value is -0.450. The lowest BCUT2D eigenvalue weighted by Crippen LogP contribution is -2.32. The predicted octanol–water partition coefficient (Wildman–Crippen LogP) is 4.67. The zero-order valence-electron chi connectivity index (χ0n) is 10.5. The number of nitrogens with one attached hydrogen (secondary N) is 1. The maximum atomic E-state index is 3.60. The molecule has 0 spiro atoms. The average molecular weight is 313 g/mol. The molecule has 0 aliphatic rings. The molecule has 1 aromatic carbocycles. The van der Waals surface area contributed by atoms with Crippen LogP contribution in [0.4, 0.5) is 0 Å². The Morgan fingerprint density at radius 3 is 2.65 bits per heavy atom. The molecule has 0 saturated heterocycles. The van der Waals surface area contributed by atoms with Crippen molar-refractivity contribution >= 4 is 38.8 Å². The van der Waals surface area contributed by atoms with Gasteiger partial charge in [-0.25, -0.2) is 4.31 Å². The van der Waals surface area contributed by atoms with E-state index >= 15 is 0 Å². The van der Waals surface area contributed by atoms with E-state index < -0.39 is 0 Å². The molecule has 0 saturated carbocycles. The molecule has 2 rings (SSSR count). The van der Waals surface area contributed by atoms with E-state index in [2.05, 4.69) is 71.2 Å². The zero-order chi connectivity index (χ0) is 12.6. The van der Waals surface area contributed by atoms with Crippen LogP contribution in [-0.4, -0.2) is 21.9 Å². The van der Waals surface area contributed by atoms with E-state index in [0.29, 0.717) is 0 Å². The first-order valence-corrected chi connectivity index (χ1v) is 7.13. The van der Waals surface area contributed by atoms with Gasteiger partial charge < -0.3 is 4.98 Å². The predicted molar refractivity (Wildman–Crippen MR) is 79.4 cm³/mol. The second-order valence-electron chi connectivity index (χ2n) is 5.11. The van der Waals surface area contributed by atoms with Crippen LogP contribution >= 0.6 is 27.9 Å². The molecule has 1 aromatic heterocycles. The molecule has 0 atom stereocenters. The van der Waals surface area contributed by atoms with Gasteiger partial charge in [0.05, 0.1) is 5.52 Å². The molecule has 0 amide bonds. The SMILES string of the molecule is CN(Sc1cc(Br)c2[nH]ccc2c1)C(C)(C)C. The fraction of sp³-hybridized carbons (Fsp3) is 0.385. The van der Waals surface area contributed by atoms with Gasteiger partial charge in [-0.15, -0.1) is 0 Å². The van der Waals surface area contributed by atoms with Crippen molar-refractivity contribution in [2.45, 2.75) is 31.2 Å². The summed E-state index contributed by atoms with van der Waals surface area (Å²) in [5, 5.41) is 1.24. The van der Waals surface area contributed by atoms with E-state index in [4.69, 9.17) is 0 Å². The average Bonchev–Trinajstić information content (AvgIpc) is 2.64. The van der Waals surface area contributed by atoms with Crippen LogP contribution in [0.1, 0.15) is 20.8 Å². The highest BCUT2D eigenvalue weighted by atomic mass is 79.9. The summed E-state index contributed by atoms with van der Waals surface area (Å²) >= 11 is 5.38. The summed E-state index contributed by atoms with van der Waals surface area (Å²) in [5.74, 6) is 0. The fourth-order valence-electron chi connectivity index (χ4n) is 1.45. The third kappa shape index (κ3) is 2.87. The highest BCUT2D eigenvalue weighted by Crippen LogP contribution is 2.33. The minimum absolute atomic E-state index is 0.157. The smallest absolute Gasteiger partial charge is 0.0599 e.